The van der Waals surface area contributed by atoms with Gasteiger partial charge in [-0.1, -0.05) is 38.2 Å². The number of aliphatic hydroxyl groups excluding tert-OH is 1. The first kappa shape index (κ1) is 32.7. The maximum Gasteiger partial charge on any atom is 0.330 e. The topological polar surface area (TPSA) is 101 Å². The molecule has 0 saturated heterocycles. The molecule has 0 saturated carbocycles. The zero-order valence-corrected chi connectivity index (χ0v) is 24.4. The Morgan fingerprint density at radius 2 is 1.48 bits per heavy atom. The molecule has 0 fully saturated rings. The molecule has 0 aliphatic rings. The first-order valence-electron chi connectivity index (χ1n) is 13.8. The van der Waals surface area contributed by atoms with E-state index in [2.05, 4.69) is 4.74 Å². The number of esters is 2. The van der Waals surface area contributed by atoms with Crippen molar-refractivity contribution in [2.24, 2.45) is 5.41 Å². The highest BCUT2D eigenvalue weighted by atomic mass is 16.6. The lowest BCUT2D eigenvalue weighted by Gasteiger charge is -2.17. The molecule has 40 heavy (non-hydrogen) atoms. The summed E-state index contributed by atoms with van der Waals surface area (Å²) in [6, 6.07) is 12.3. The predicted molar refractivity (Wildman–Crippen MR) is 154 cm³/mol. The predicted octanol–water partition coefficient (Wildman–Crippen LogP) is 6.65. The fraction of sp³-hybridized carbons (Fsp3) is 0.500. The van der Waals surface area contributed by atoms with Crippen LogP contribution in [0.1, 0.15) is 83.1 Å². The zero-order chi connectivity index (χ0) is 29.4. The summed E-state index contributed by atoms with van der Waals surface area (Å²) in [5.74, 6) is 0.937. The van der Waals surface area contributed by atoms with Gasteiger partial charge in [0.2, 0.25) is 6.29 Å². The number of rotatable bonds is 17. The molecule has 8 nitrogen and oxygen atoms in total. The second-order valence-corrected chi connectivity index (χ2v) is 10.5. The highest BCUT2D eigenvalue weighted by Gasteiger charge is 2.22. The molecule has 0 amide bonds. The summed E-state index contributed by atoms with van der Waals surface area (Å²) in [7, 11) is 2.82. The lowest BCUT2D eigenvalue weighted by atomic mass is 9.97. The Morgan fingerprint density at radius 1 is 0.850 bits per heavy atom. The van der Waals surface area contributed by atoms with E-state index in [1.54, 1.807) is 36.4 Å². The minimum atomic E-state index is -1.19. The second-order valence-electron chi connectivity index (χ2n) is 10.5. The Hall–Kier alpha value is -3.52. The molecular formula is C32H44O8. The molecule has 8 heteroatoms. The molecule has 1 N–H and O–H groups in total. The first-order valence-corrected chi connectivity index (χ1v) is 13.8. The third kappa shape index (κ3) is 12.1. The average molecular weight is 557 g/mol. The van der Waals surface area contributed by atoms with Crippen molar-refractivity contribution in [1.82, 2.24) is 0 Å². The third-order valence-corrected chi connectivity index (χ3v) is 6.11. The van der Waals surface area contributed by atoms with Crippen LogP contribution in [0.5, 0.6) is 17.2 Å². The smallest absolute Gasteiger partial charge is 0.330 e. The molecule has 220 valence electrons. The molecule has 0 spiro atoms. The van der Waals surface area contributed by atoms with Gasteiger partial charge in [0.25, 0.3) is 0 Å². The Bertz CT molecular complexity index is 1070. The van der Waals surface area contributed by atoms with E-state index in [4.69, 9.17) is 18.9 Å². The van der Waals surface area contributed by atoms with Gasteiger partial charge in [0.15, 0.2) is 11.5 Å². The van der Waals surface area contributed by atoms with Crippen LogP contribution in [0.4, 0.5) is 0 Å². The number of methoxy groups -OCH3 is 2. The van der Waals surface area contributed by atoms with Crippen molar-refractivity contribution in [3.05, 3.63) is 59.7 Å². The molecule has 0 aliphatic heterocycles. The summed E-state index contributed by atoms with van der Waals surface area (Å²) in [5.41, 5.74) is 0.870. The second kappa shape index (κ2) is 17.2. The van der Waals surface area contributed by atoms with Crippen LogP contribution >= 0.6 is 0 Å². The minimum Gasteiger partial charge on any atom is -0.494 e. The van der Waals surface area contributed by atoms with Gasteiger partial charge >= 0.3 is 11.9 Å². The van der Waals surface area contributed by atoms with Crippen LogP contribution in [0, 0.1) is 5.41 Å². The summed E-state index contributed by atoms with van der Waals surface area (Å²) < 4.78 is 26.8. The number of carbonyl (C=O) groups is 2. The quantitative estimate of drug-likeness (QED) is 0.100. The Morgan fingerprint density at radius 3 is 2.08 bits per heavy atom. The maximum absolute atomic E-state index is 11.7. The molecule has 1 unspecified atom stereocenters. The average Bonchev–Trinajstić information content (AvgIpc) is 2.94. The van der Waals surface area contributed by atoms with E-state index in [0.29, 0.717) is 30.3 Å². The maximum atomic E-state index is 11.7. The number of carbonyl (C=O) groups excluding carboxylic acids is 2. The highest BCUT2D eigenvalue weighted by Crippen LogP contribution is 2.32. The summed E-state index contributed by atoms with van der Waals surface area (Å²) >= 11 is 0. The van der Waals surface area contributed by atoms with Gasteiger partial charge in [-0.15, -0.1) is 0 Å². The van der Waals surface area contributed by atoms with E-state index >= 15 is 0 Å². The lowest BCUT2D eigenvalue weighted by molar-refractivity contribution is -0.153. The van der Waals surface area contributed by atoms with Gasteiger partial charge < -0.3 is 28.8 Å². The van der Waals surface area contributed by atoms with Crippen molar-refractivity contribution >= 4 is 18.0 Å². The molecule has 0 bridgehead atoms. The van der Waals surface area contributed by atoms with E-state index in [1.807, 2.05) is 32.9 Å². The molecule has 0 heterocycles. The molecule has 2 aromatic rings. The van der Waals surface area contributed by atoms with Crippen molar-refractivity contribution in [1.29, 1.82) is 0 Å². The van der Waals surface area contributed by atoms with Crippen LogP contribution in [0.25, 0.3) is 6.08 Å². The molecule has 1 atom stereocenters. The van der Waals surface area contributed by atoms with Crippen LogP contribution in [-0.4, -0.2) is 44.5 Å². The first-order chi connectivity index (χ1) is 19.1. The number of hydrogen-bond acceptors (Lipinski definition) is 8. The number of aliphatic hydroxyl groups is 1. The van der Waals surface area contributed by atoms with Crippen molar-refractivity contribution in [2.75, 3.05) is 27.4 Å². The van der Waals surface area contributed by atoms with Gasteiger partial charge in [0.1, 0.15) is 5.75 Å². The summed E-state index contributed by atoms with van der Waals surface area (Å²) in [5, 5.41) is 10.6. The Labute approximate surface area is 238 Å². The molecule has 0 aromatic heterocycles. The van der Waals surface area contributed by atoms with Gasteiger partial charge in [0, 0.05) is 11.6 Å². The zero-order valence-electron chi connectivity index (χ0n) is 24.4. The van der Waals surface area contributed by atoms with E-state index in [1.165, 1.54) is 20.3 Å². The van der Waals surface area contributed by atoms with Crippen LogP contribution in [0.2, 0.25) is 0 Å². The normalized spacial score (nSPS) is 12.2. The monoisotopic (exact) mass is 556 g/mol. The van der Waals surface area contributed by atoms with Gasteiger partial charge in [-0.25, -0.2) is 4.79 Å². The fourth-order valence-corrected chi connectivity index (χ4v) is 3.69. The number of unbranched alkanes of at least 4 members (excludes halogenated alkanes) is 6. The molecule has 0 aliphatic carbocycles. The Kier molecular flexibility index (Phi) is 14.1. The van der Waals surface area contributed by atoms with E-state index in [-0.39, 0.29) is 5.97 Å². The van der Waals surface area contributed by atoms with Gasteiger partial charge in [-0.05, 0) is 81.7 Å². The molecule has 2 aromatic carbocycles. The third-order valence-electron chi connectivity index (χ3n) is 6.11. The molecular weight excluding hydrogens is 512 g/mol. The SMILES string of the molecule is COC(=O)C=Cc1ccc(OC(O)c2ccc(OCCCCCCCCCOC(=O)C(C)(C)C)cc2)c(OC)c1. The van der Waals surface area contributed by atoms with E-state index in [0.717, 1.165) is 56.3 Å². The van der Waals surface area contributed by atoms with Crippen LogP contribution < -0.4 is 14.2 Å². The standard InChI is InChI=1S/C32H44O8/c1-32(2,3)31(35)39-22-12-10-8-6-7-9-11-21-38-26-17-15-25(16-18-26)30(34)40-27-19-13-24(23-28(27)36-4)14-20-29(33)37-5/h13-20,23,30,34H,6-12,21-22H2,1-5H3. The highest BCUT2D eigenvalue weighted by molar-refractivity contribution is 5.87. The largest absolute Gasteiger partial charge is 0.494 e. The minimum absolute atomic E-state index is 0.137. The summed E-state index contributed by atoms with van der Waals surface area (Å²) in [6.07, 6.45) is 9.24. The summed E-state index contributed by atoms with van der Waals surface area (Å²) in [6.45, 7) is 6.74. The van der Waals surface area contributed by atoms with Crippen LogP contribution in [0.15, 0.2) is 48.5 Å². The van der Waals surface area contributed by atoms with E-state index < -0.39 is 17.7 Å². The van der Waals surface area contributed by atoms with E-state index in [9.17, 15) is 14.7 Å². The van der Waals surface area contributed by atoms with Crippen molar-refractivity contribution < 1.29 is 38.4 Å². The Balaban J connectivity index is 1.65. The van der Waals surface area contributed by atoms with Crippen molar-refractivity contribution in [3.8, 4) is 17.2 Å². The molecule has 2 rings (SSSR count). The van der Waals surface area contributed by atoms with Gasteiger partial charge in [-0.3, -0.25) is 4.79 Å². The number of hydrogen-bond donors (Lipinski definition) is 1. The van der Waals surface area contributed by atoms with Crippen LogP contribution in [0.3, 0.4) is 0 Å². The number of ether oxygens (including phenoxy) is 5. The van der Waals surface area contributed by atoms with Gasteiger partial charge in [-0.2, -0.15) is 0 Å². The molecule has 0 radical (unpaired) electrons. The van der Waals surface area contributed by atoms with Crippen LogP contribution in [-0.2, 0) is 19.1 Å². The van der Waals surface area contributed by atoms with Crippen molar-refractivity contribution in [2.45, 2.75) is 72.0 Å². The van der Waals surface area contributed by atoms with Crippen molar-refractivity contribution in [3.63, 3.8) is 0 Å². The fourth-order valence-electron chi connectivity index (χ4n) is 3.69. The lowest BCUT2D eigenvalue weighted by Crippen LogP contribution is -2.23. The summed E-state index contributed by atoms with van der Waals surface area (Å²) in [4.78, 5) is 23.0. The van der Waals surface area contributed by atoms with Gasteiger partial charge in [0.05, 0.1) is 32.8 Å². The number of benzene rings is 2.